The molecule has 0 fully saturated rings. The lowest BCUT2D eigenvalue weighted by Crippen LogP contribution is -2.34. The molecule has 1 aromatic carbocycles. The van der Waals surface area contributed by atoms with Crippen LogP contribution in [0.1, 0.15) is 9.75 Å². The number of anilines is 1. The number of rotatable bonds is 5. The van der Waals surface area contributed by atoms with Gasteiger partial charge in [-0.2, -0.15) is 0 Å². The Hall–Kier alpha value is -1.51. The first-order valence-electron chi connectivity index (χ1n) is 6.43. The number of aliphatic hydroxyl groups excluding tert-OH is 1. The van der Waals surface area contributed by atoms with Gasteiger partial charge < -0.3 is 5.11 Å². The van der Waals surface area contributed by atoms with Crippen molar-refractivity contribution in [3.05, 3.63) is 45.7 Å². The van der Waals surface area contributed by atoms with Gasteiger partial charge in [-0.1, -0.05) is 0 Å². The maximum absolute atomic E-state index is 14.0. The normalized spacial score (nSPS) is 11.7. The van der Waals surface area contributed by atoms with Crippen LogP contribution in [-0.2, 0) is 10.0 Å². The third-order valence-corrected chi connectivity index (χ3v) is 6.08. The summed E-state index contributed by atoms with van der Waals surface area (Å²) in [6, 6.07) is 4.14. The Balaban J connectivity index is 2.58. The molecule has 4 nitrogen and oxygen atoms in total. The molecule has 0 aliphatic rings. The molecular weight excluding hydrogens is 332 g/mol. The van der Waals surface area contributed by atoms with Crippen molar-refractivity contribution in [2.75, 3.05) is 17.5 Å². The molecule has 0 aliphatic heterocycles. The second-order valence-corrected chi connectivity index (χ2v) is 7.97. The Bertz CT molecular complexity index is 787. The van der Waals surface area contributed by atoms with E-state index in [1.54, 1.807) is 13.8 Å². The zero-order valence-electron chi connectivity index (χ0n) is 12.0. The third kappa shape index (κ3) is 3.13. The number of thiophene rings is 1. The summed E-state index contributed by atoms with van der Waals surface area (Å²) >= 11 is 1.31. The van der Waals surface area contributed by atoms with Gasteiger partial charge in [0.15, 0.2) is 0 Å². The minimum Gasteiger partial charge on any atom is -0.394 e. The Labute approximate surface area is 131 Å². The topological polar surface area (TPSA) is 57.6 Å². The second kappa shape index (κ2) is 6.31. The first kappa shape index (κ1) is 16.9. The predicted octanol–water partition coefficient (Wildman–Crippen LogP) is 2.83. The summed E-state index contributed by atoms with van der Waals surface area (Å²) in [7, 11) is -4.04. The van der Waals surface area contributed by atoms with E-state index in [0.717, 1.165) is 21.3 Å². The number of nitrogens with zero attached hydrogens (tertiary/aromatic N) is 1. The zero-order valence-corrected chi connectivity index (χ0v) is 13.6. The van der Waals surface area contributed by atoms with E-state index in [4.69, 9.17) is 5.11 Å². The molecule has 1 aromatic heterocycles. The predicted molar refractivity (Wildman–Crippen MR) is 81.8 cm³/mol. The van der Waals surface area contributed by atoms with Crippen molar-refractivity contribution in [3.8, 4) is 0 Å². The van der Waals surface area contributed by atoms with Crippen LogP contribution in [0.3, 0.4) is 0 Å². The van der Waals surface area contributed by atoms with Crippen LogP contribution in [0.25, 0.3) is 0 Å². The Morgan fingerprint density at radius 3 is 2.41 bits per heavy atom. The van der Waals surface area contributed by atoms with Gasteiger partial charge in [0.05, 0.1) is 18.8 Å². The molecule has 0 spiro atoms. The monoisotopic (exact) mass is 347 g/mol. The molecule has 120 valence electrons. The van der Waals surface area contributed by atoms with Crippen LogP contribution in [0.5, 0.6) is 0 Å². The van der Waals surface area contributed by atoms with Crippen LogP contribution < -0.4 is 4.31 Å². The SMILES string of the molecule is Cc1cc(S(=O)(=O)N(CCO)c2ccc(F)cc2F)c(C)s1. The first-order chi connectivity index (χ1) is 10.3. The fourth-order valence-electron chi connectivity index (χ4n) is 2.13. The van der Waals surface area contributed by atoms with E-state index in [9.17, 15) is 17.2 Å². The summed E-state index contributed by atoms with van der Waals surface area (Å²) in [5.41, 5.74) is -0.293. The highest BCUT2D eigenvalue weighted by molar-refractivity contribution is 7.93. The van der Waals surface area contributed by atoms with Crippen LogP contribution in [0.4, 0.5) is 14.5 Å². The number of aryl methyl sites for hydroxylation is 2. The molecule has 1 N–H and O–H groups in total. The lowest BCUT2D eigenvalue weighted by Gasteiger charge is -2.24. The van der Waals surface area contributed by atoms with Gasteiger partial charge in [-0.25, -0.2) is 17.2 Å². The van der Waals surface area contributed by atoms with Crippen LogP contribution in [-0.4, -0.2) is 26.7 Å². The highest BCUT2D eigenvalue weighted by Crippen LogP contribution is 2.31. The quantitative estimate of drug-likeness (QED) is 0.905. The third-order valence-electron chi connectivity index (χ3n) is 3.04. The van der Waals surface area contributed by atoms with Crippen molar-refractivity contribution < 1.29 is 22.3 Å². The van der Waals surface area contributed by atoms with E-state index in [1.807, 2.05) is 0 Å². The Morgan fingerprint density at radius 1 is 1.23 bits per heavy atom. The van der Waals surface area contributed by atoms with Gasteiger partial charge in [-0.05, 0) is 32.0 Å². The highest BCUT2D eigenvalue weighted by atomic mass is 32.2. The summed E-state index contributed by atoms with van der Waals surface area (Å²) in [4.78, 5) is 1.44. The molecule has 0 amide bonds. The molecular formula is C14H15F2NO3S2. The molecule has 2 rings (SSSR count). The number of hydrogen-bond acceptors (Lipinski definition) is 4. The van der Waals surface area contributed by atoms with Crippen LogP contribution in [0.15, 0.2) is 29.2 Å². The average molecular weight is 347 g/mol. The van der Waals surface area contributed by atoms with Crippen molar-refractivity contribution in [1.29, 1.82) is 0 Å². The number of benzene rings is 1. The maximum Gasteiger partial charge on any atom is 0.265 e. The van der Waals surface area contributed by atoms with Gasteiger partial charge in [-0.3, -0.25) is 4.31 Å². The molecule has 0 aliphatic carbocycles. The van der Waals surface area contributed by atoms with Crippen molar-refractivity contribution in [1.82, 2.24) is 0 Å². The second-order valence-electron chi connectivity index (χ2n) is 4.67. The van der Waals surface area contributed by atoms with Crippen molar-refractivity contribution in [3.63, 3.8) is 0 Å². The molecule has 0 unspecified atom stereocenters. The fourth-order valence-corrected chi connectivity index (χ4v) is 5.12. The highest BCUT2D eigenvalue weighted by Gasteiger charge is 2.29. The average Bonchev–Trinajstić information content (AvgIpc) is 2.76. The summed E-state index contributed by atoms with van der Waals surface area (Å²) < 4.78 is 53.2. The van der Waals surface area contributed by atoms with Crippen LogP contribution >= 0.6 is 11.3 Å². The number of aliphatic hydroxyl groups is 1. The van der Waals surface area contributed by atoms with Crippen LogP contribution in [0.2, 0.25) is 0 Å². The lowest BCUT2D eigenvalue weighted by atomic mass is 10.3. The smallest absolute Gasteiger partial charge is 0.265 e. The number of hydrogen-bond donors (Lipinski definition) is 1. The summed E-state index contributed by atoms with van der Waals surface area (Å²) in [6.45, 7) is 2.62. The van der Waals surface area contributed by atoms with Crippen LogP contribution in [0, 0.1) is 25.5 Å². The van der Waals surface area contributed by atoms with Gasteiger partial charge in [0.1, 0.15) is 16.5 Å². The molecule has 1 heterocycles. The van der Waals surface area contributed by atoms with Gasteiger partial charge in [0.2, 0.25) is 0 Å². The number of halogens is 2. The summed E-state index contributed by atoms with van der Waals surface area (Å²) in [5.74, 6) is -1.80. The van der Waals surface area contributed by atoms with Gasteiger partial charge in [0, 0.05) is 15.8 Å². The van der Waals surface area contributed by atoms with E-state index in [2.05, 4.69) is 0 Å². The first-order valence-corrected chi connectivity index (χ1v) is 8.68. The van der Waals surface area contributed by atoms with Gasteiger partial charge in [0.25, 0.3) is 10.0 Å². The molecule has 2 aromatic rings. The van der Waals surface area contributed by atoms with E-state index in [1.165, 1.54) is 17.4 Å². The molecule has 0 saturated carbocycles. The Morgan fingerprint density at radius 2 is 1.91 bits per heavy atom. The summed E-state index contributed by atoms with van der Waals surface area (Å²) in [5, 5.41) is 9.13. The minimum atomic E-state index is -4.04. The zero-order chi connectivity index (χ0) is 16.5. The summed E-state index contributed by atoms with van der Waals surface area (Å²) in [6.07, 6.45) is 0. The minimum absolute atomic E-state index is 0.0622. The molecule has 0 radical (unpaired) electrons. The molecule has 0 atom stereocenters. The largest absolute Gasteiger partial charge is 0.394 e. The van der Waals surface area contributed by atoms with E-state index >= 15 is 0 Å². The van der Waals surface area contributed by atoms with Gasteiger partial charge in [-0.15, -0.1) is 11.3 Å². The fraction of sp³-hybridized carbons (Fsp3) is 0.286. The van der Waals surface area contributed by atoms with Gasteiger partial charge >= 0.3 is 0 Å². The maximum atomic E-state index is 14.0. The molecule has 0 bridgehead atoms. The molecule has 0 saturated heterocycles. The van der Waals surface area contributed by atoms with E-state index in [0.29, 0.717) is 10.9 Å². The number of sulfonamides is 1. The lowest BCUT2D eigenvalue weighted by molar-refractivity contribution is 0.306. The van der Waals surface area contributed by atoms with Crippen molar-refractivity contribution in [2.45, 2.75) is 18.7 Å². The molecule has 22 heavy (non-hydrogen) atoms. The standard InChI is InChI=1S/C14H15F2NO3S2/c1-9-7-14(10(2)21-9)22(19,20)17(5-6-18)13-4-3-11(15)8-12(13)16/h3-4,7-8,18H,5-6H2,1-2H3. The van der Waals surface area contributed by atoms with Crippen molar-refractivity contribution in [2.24, 2.45) is 0 Å². The van der Waals surface area contributed by atoms with E-state index in [-0.39, 0.29) is 17.1 Å². The van der Waals surface area contributed by atoms with E-state index < -0.39 is 28.3 Å². The Kier molecular flexibility index (Phi) is 4.84. The molecule has 8 heteroatoms. The van der Waals surface area contributed by atoms with Crippen molar-refractivity contribution >= 4 is 27.0 Å².